The van der Waals surface area contributed by atoms with E-state index in [0.717, 1.165) is 67.7 Å². The van der Waals surface area contributed by atoms with Gasteiger partial charge in [-0.2, -0.15) is 0 Å². The Morgan fingerprint density at radius 3 is 1.41 bits per heavy atom. The molecule has 14 nitrogen and oxygen atoms in total. The molecule has 304 valence electrons. The minimum Gasteiger partial charge on any atom is -0.497 e. The molecule has 0 spiro atoms. The third-order valence-corrected chi connectivity index (χ3v) is 13.5. The lowest BCUT2D eigenvalue weighted by Crippen LogP contribution is -2.36. The van der Waals surface area contributed by atoms with Gasteiger partial charge in [0.15, 0.2) is 11.6 Å². The lowest BCUT2D eigenvalue weighted by molar-refractivity contribution is 0.244. The molecule has 5 aromatic carbocycles. The normalized spacial score (nSPS) is 19.2. The second-order valence-electron chi connectivity index (χ2n) is 14.6. The molecule has 0 amide bonds. The first-order valence-corrected chi connectivity index (χ1v) is 21.7. The second kappa shape index (κ2) is 15.7. The maximum Gasteiger partial charge on any atom is 0.210 e. The standard InChI is InChI=1S/C45H38N10O4S2/c1-56-28-20-16-26(17-21-28)42-48-50-44-54(42)52-38-36-37(47-33-13-6-5-12-32(33)46-36)39-41(61-45-51-49-43(55(45)53-39)27-18-22-29(57-2)23-19-27)31-11-4-8-15-35(31)59-25-9-24-58-34-14-7-3-10-30(34)40(38)60-44/h3-8,10-23,38-41,52-53H,9,24-25H2,1-2H3. The molecule has 0 saturated carbocycles. The quantitative estimate of drug-likeness (QED) is 0.174. The van der Waals surface area contributed by atoms with E-state index in [9.17, 15) is 0 Å². The second-order valence-corrected chi connectivity index (χ2v) is 16.9. The van der Waals surface area contributed by atoms with Crippen LogP contribution in [0.2, 0.25) is 0 Å². The van der Waals surface area contributed by atoms with Crippen LogP contribution in [0.4, 0.5) is 0 Å². The average molecular weight is 847 g/mol. The number of hydrogen-bond acceptors (Lipinski definition) is 14. The minimum absolute atomic E-state index is 0.269. The molecule has 8 aromatic rings. The van der Waals surface area contributed by atoms with Crippen molar-refractivity contribution in [1.82, 2.24) is 39.7 Å². The lowest BCUT2D eigenvalue weighted by Gasteiger charge is -2.38. The Labute approximate surface area is 359 Å². The van der Waals surface area contributed by atoms with Crippen LogP contribution < -0.4 is 29.8 Å². The predicted molar refractivity (Wildman–Crippen MR) is 233 cm³/mol. The summed E-state index contributed by atoms with van der Waals surface area (Å²) in [5.74, 6) is 4.39. The molecule has 0 saturated heterocycles. The van der Waals surface area contributed by atoms with Crippen molar-refractivity contribution in [1.29, 1.82) is 0 Å². The van der Waals surface area contributed by atoms with E-state index in [2.05, 4.69) is 23.0 Å². The van der Waals surface area contributed by atoms with Crippen LogP contribution in [0.1, 0.15) is 51.5 Å². The van der Waals surface area contributed by atoms with Gasteiger partial charge >= 0.3 is 0 Å². The van der Waals surface area contributed by atoms with Crippen LogP contribution >= 0.6 is 23.5 Å². The molecular weight excluding hydrogens is 809 g/mol. The van der Waals surface area contributed by atoms with E-state index >= 15 is 0 Å². The van der Waals surface area contributed by atoms with Crippen LogP contribution in [-0.2, 0) is 0 Å². The van der Waals surface area contributed by atoms with Crippen LogP contribution in [0.5, 0.6) is 23.0 Å². The Balaban J connectivity index is 1.14. The van der Waals surface area contributed by atoms with Gasteiger partial charge in [-0.15, -0.1) is 20.4 Å². The molecule has 61 heavy (non-hydrogen) atoms. The summed E-state index contributed by atoms with van der Waals surface area (Å²) in [7, 11) is 3.32. The predicted octanol–water partition coefficient (Wildman–Crippen LogP) is 8.59. The van der Waals surface area contributed by atoms with Crippen LogP contribution in [0.3, 0.4) is 0 Å². The lowest BCUT2D eigenvalue weighted by atomic mass is 9.94. The number of rotatable bonds is 4. The molecular formula is C45H38N10O4S2. The van der Waals surface area contributed by atoms with Crippen molar-refractivity contribution in [2.75, 3.05) is 38.3 Å². The Bertz CT molecular complexity index is 2700. The molecule has 3 aliphatic heterocycles. The first kappa shape index (κ1) is 37.2. The molecule has 2 N–H and O–H groups in total. The van der Waals surface area contributed by atoms with E-state index < -0.39 is 12.1 Å². The number of ether oxygens (including phenoxy) is 4. The molecule has 16 heteroatoms. The van der Waals surface area contributed by atoms with Gasteiger partial charge in [-0.25, -0.2) is 19.3 Å². The van der Waals surface area contributed by atoms with Crippen molar-refractivity contribution in [2.24, 2.45) is 0 Å². The van der Waals surface area contributed by atoms with Gasteiger partial charge in [0.05, 0.1) is 60.4 Å². The number of para-hydroxylation sites is 4. The highest BCUT2D eigenvalue weighted by Gasteiger charge is 2.44. The molecule has 4 atom stereocenters. The third-order valence-electron chi connectivity index (χ3n) is 11.0. The van der Waals surface area contributed by atoms with E-state index in [1.54, 1.807) is 37.7 Å². The fraction of sp³-hybridized carbons (Fsp3) is 0.200. The Morgan fingerprint density at radius 2 is 0.967 bits per heavy atom. The van der Waals surface area contributed by atoms with Crippen LogP contribution in [0.15, 0.2) is 132 Å². The highest BCUT2D eigenvalue weighted by atomic mass is 32.2. The molecule has 3 aliphatic rings. The van der Waals surface area contributed by atoms with Gasteiger partial charge in [-0.3, -0.25) is 0 Å². The van der Waals surface area contributed by atoms with Crippen molar-refractivity contribution in [3.8, 4) is 45.8 Å². The summed E-state index contributed by atoms with van der Waals surface area (Å²) in [4.78, 5) is 11.1. The molecule has 11 rings (SSSR count). The van der Waals surface area contributed by atoms with Crippen LogP contribution in [-0.4, -0.2) is 67.1 Å². The van der Waals surface area contributed by atoms with E-state index in [4.69, 9.17) is 49.3 Å². The Kier molecular flexibility index (Phi) is 9.57. The number of nitrogens with zero attached hydrogens (tertiary/aromatic N) is 8. The molecule has 4 unspecified atom stereocenters. The van der Waals surface area contributed by atoms with E-state index in [-0.39, 0.29) is 10.5 Å². The summed E-state index contributed by atoms with van der Waals surface area (Å²) in [6.07, 6.45) is 0.676. The highest BCUT2D eigenvalue weighted by molar-refractivity contribution is 7.99. The topological polar surface area (TPSA) is 148 Å². The Morgan fingerprint density at radius 1 is 0.541 bits per heavy atom. The zero-order chi connectivity index (χ0) is 40.9. The number of methoxy groups -OCH3 is 2. The van der Waals surface area contributed by atoms with Crippen molar-refractivity contribution >= 4 is 34.6 Å². The smallest absolute Gasteiger partial charge is 0.210 e. The van der Waals surface area contributed by atoms with Gasteiger partial charge in [0.25, 0.3) is 0 Å². The van der Waals surface area contributed by atoms with E-state index in [0.29, 0.717) is 41.6 Å². The van der Waals surface area contributed by atoms with Gasteiger partial charge in [0.2, 0.25) is 10.3 Å². The summed E-state index contributed by atoms with van der Waals surface area (Å²) >= 11 is 3.24. The van der Waals surface area contributed by atoms with Crippen LogP contribution in [0, 0.1) is 0 Å². The SMILES string of the molecule is COc1ccc(-c2nnc3n2NC2c4nc5ccccc5nc4C4Nn5c(nnc5-c5ccc(OC)cc5)SC4c4ccccc4OCCCOc4ccccc4C2S3)cc1. The zero-order valence-electron chi connectivity index (χ0n) is 33.0. The van der Waals surface area contributed by atoms with Gasteiger partial charge in [0.1, 0.15) is 35.1 Å². The number of fused-ring (bicyclic) bond motifs is 12. The molecule has 0 aliphatic carbocycles. The summed E-state index contributed by atoms with van der Waals surface area (Å²) in [6, 6.07) is 39.1. The third kappa shape index (κ3) is 6.71. The maximum absolute atomic E-state index is 6.58. The number of thioether (sulfide) groups is 2. The number of benzene rings is 5. The molecule has 0 fully saturated rings. The number of aromatic nitrogens is 8. The zero-order valence-corrected chi connectivity index (χ0v) is 34.6. The first-order valence-electron chi connectivity index (χ1n) is 19.9. The maximum atomic E-state index is 6.58. The van der Waals surface area contributed by atoms with Gasteiger partial charge in [0, 0.05) is 28.7 Å². The summed E-state index contributed by atoms with van der Waals surface area (Å²) in [5.41, 5.74) is 14.6. The van der Waals surface area contributed by atoms with E-state index in [1.165, 1.54) is 0 Å². The summed E-state index contributed by atoms with van der Waals surface area (Å²) in [5, 5.41) is 19.8. The first-order chi connectivity index (χ1) is 30.1. The fourth-order valence-electron chi connectivity index (χ4n) is 8.05. The largest absolute Gasteiger partial charge is 0.497 e. The van der Waals surface area contributed by atoms with Crippen molar-refractivity contribution in [2.45, 2.75) is 39.3 Å². The van der Waals surface area contributed by atoms with Crippen molar-refractivity contribution in [3.63, 3.8) is 0 Å². The molecule has 0 radical (unpaired) electrons. The van der Waals surface area contributed by atoms with Gasteiger partial charge in [-0.05, 0) is 72.8 Å². The fourth-order valence-corrected chi connectivity index (χ4v) is 10.5. The average Bonchev–Trinajstić information content (AvgIpc) is 3.94. The highest BCUT2D eigenvalue weighted by Crippen LogP contribution is 2.55. The van der Waals surface area contributed by atoms with Crippen molar-refractivity contribution in [3.05, 3.63) is 144 Å². The number of hydrogen-bond donors (Lipinski definition) is 2. The summed E-state index contributed by atoms with van der Waals surface area (Å²) < 4.78 is 28.1. The molecule has 6 heterocycles. The summed E-state index contributed by atoms with van der Waals surface area (Å²) in [6.45, 7) is 0.931. The molecule has 0 bridgehead atoms. The van der Waals surface area contributed by atoms with Crippen LogP contribution in [0.25, 0.3) is 33.8 Å². The monoisotopic (exact) mass is 846 g/mol. The minimum atomic E-state index is -0.463. The van der Waals surface area contributed by atoms with Gasteiger partial charge < -0.3 is 29.8 Å². The van der Waals surface area contributed by atoms with E-state index in [1.807, 2.05) is 119 Å². The number of nitrogens with one attached hydrogen (secondary N) is 2. The van der Waals surface area contributed by atoms with Gasteiger partial charge in [-0.1, -0.05) is 72.1 Å². The molecule has 3 aromatic heterocycles. The Hall–Kier alpha value is -6.78. The van der Waals surface area contributed by atoms with Crippen molar-refractivity contribution < 1.29 is 18.9 Å².